The fourth-order valence-corrected chi connectivity index (χ4v) is 5.26. The number of aromatic nitrogens is 3. The molecule has 1 unspecified atom stereocenters. The highest BCUT2D eigenvalue weighted by atomic mass is 35.5. The van der Waals surface area contributed by atoms with Gasteiger partial charge in [-0.1, -0.05) is 31.4 Å². The van der Waals surface area contributed by atoms with Crippen LogP contribution < -0.4 is 21.4 Å². The molecule has 13 nitrogen and oxygen atoms in total. The fraction of sp³-hybridized carbons (Fsp3) is 0.500. The van der Waals surface area contributed by atoms with Crippen molar-refractivity contribution < 1.29 is 14.7 Å². The van der Waals surface area contributed by atoms with Crippen LogP contribution >= 0.6 is 11.6 Å². The molecule has 1 atom stereocenters. The number of carboxylic acid groups (broad SMARTS) is 1. The van der Waals surface area contributed by atoms with E-state index in [1.807, 2.05) is 5.32 Å². The average Bonchev–Trinajstić information content (AvgIpc) is 3.36. The number of carbonyl (C=O) groups excluding carboxylic acids is 1. The lowest BCUT2D eigenvalue weighted by atomic mass is 9.83. The van der Waals surface area contributed by atoms with Crippen LogP contribution in [0, 0.1) is 22.7 Å². The van der Waals surface area contributed by atoms with E-state index in [0.717, 1.165) is 32.1 Å². The summed E-state index contributed by atoms with van der Waals surface area (Å²) in [5, 5.41) is 35.3. The Hall–Kier alpha value is -3.84. The molecule has 0 spiro atoms. The molecule has 4 rings (SSSR count). The van der Waals surface area contributed by atoms with Gasteiger partial charge in [0.05, 0.1) is 10.9 Å². The van der Waals surface area contributed by atoms with Crippen molar-refractivity contribution in [1.29, 1.82) is 10.8 Å². The Balaban J connectivity index is 1.76. The quantitative estimate of drug-likeness (QED) is 0.182. The molecular weight excluding hydrogens is 536 g/mol. The molecule has 1 saturated heterocycles. The van der Waals surface area contributed by atoms with Gasteiger partial charge in [-0.05, 0) is 50.5 Å². The molecule has 3 heterocycles. The van der Waals surface area contributed by atoms with E-state index in [0.29, 0.717) is 53.3 Å². The van der Waals surface area contributed by atoms with Crippen molar-refractivity contribution in [2.45, 2.75) is 58.4 Å². The van der Waals surface area contributed by atoms with Gasteiger partial charge in [0, 0.05) is 31.0 Å². The number of carbonyl (C=O) groups is 2. The highest BCUT2D eigenvalue weighted by Crippen LogP contribution is 2.35. The van der Waals surface area contributed by atoms with E-state index in [4.69, 9.17) is 22.4 Å². The van der Waals surface area contributed by atoms with Crippen LogP contribution in [0.25, 0.3) is 11.3 Å². The number of amides is 2. The molecule has 2 fully saturated rings. The van der Waals surface area contributed by atoms with Gasteiger partial charge < -0.3 is 21.2 Å². The van der Waals surface area contributed by atoms with Gasteiger partial charge in [-0.15, -0.1) is 0 Å². The minimum Gasteiger partial charge on any atom is -0.465 e. The van der Waals surface area contributed by atoms with Crippen LogP contribution in [0.3, 0.4) is 0 Å². The minimum absolute atomic E-state index is 0.0502. The molecule has 2 amide bonds. The van der Waals surface area contributed by atoms with E-state index in [1.165, 1.54) is 13.1 Å². The molecule has 2 aromatic heterocycles. The first-order valence-corrected chi connectivity index (χ1v) is 13.7. The number of rotatable bonds is 8. The number of hydrogen-bond donors (Lipinski definition) is 7. The van der Waals surface area contributed by atoms with Crippen molar-refractivity contribution in [3.05, 3.63) is 29.3 Å². The van der Waals surface area contributed by atoms with E-state index < -0.39 is 18.0 Å². The summed E-state index contributed by atoms with van der Waals surface area (Å²) >= 11 is 6.26. The van der Waals surface area contributed by atoms with Gasteiger partial charge in [0.15, 0.2) is 17.5 Å². The molecule has 7 N–H and O–H groups in total. The van der Waals surface area contributed by atoms with Crippen LogP contribution in [-0.4, -0.2) is 67.9 Å². The second-order valence-corrected chi connectivity index (χ2v) is 10.8. The molecule has 214 valence electrons. The Morgan fingerprint density at radius 3 is 2.55 bits per heavy atom. The maximum absolute atomic E-state index is 12.8. The van der Waals surface area contributed by atoms with E-state index in [2.05, 4.69) is 37.9 Å². The first-order chi connectivity index (χ1) is 19.1. The molecule has 1 aliphatic heterocycles. The molecule has 14 heteroatoms. The number of amidine groups is 2. The molecule has 1 saturated carbocycles. The SMILES string of the molecule is CC(=N)NC(=O)C1CCCN1Nc1nc(C(=N)NC(=O)O)nc(-c2cncc(Cl)c2)c1NC[C@H]1CC[C@H](C)CC1. The van der Waals surface area contributed by atoms with Crippen LogP contribution in [0.15, 0.2) is 18.5 Å². The number of hydrogen-bond acceptors (Lipinski definition) is 10. The average molecular weight is 571 g/mol. The van der Waals surface area contributed by atoms with Crippen molar-refractivity contribution in [1.82, 2.24) is 30.6 Å². The molecule has 0 aromatic carbocycles. The Morgan fingerprint density at radius 2 is 1.88 bits per heavy atom. The first-order valence-electron chi connectivity index (χ1n) is 13.4. The van der Waals surface area contributed by atoms with Crippen LogP contribution in [0.1, 0.15) is 58.2 Å². The Labute approximate surface area is 237 Å². The Bertz CT molecular complexity index is 1280. The predicted octanol–water partition coefficient (Wildman–Crippen LogP) is 3.93. The van der Waals surface area contributed by atoms with E-state index in [1.54, 1.807) is 17.3 Å². The standard InChI is InChI=1S/C26H35ClN10O3/c1-14-5-7-16(8-6-14)11-31-21-20(17-10-18(27)13-30-12-17)33-24(22(29)34-26(39)40)35-23(21)36-37-9-3-4-19(37)25(38)32-15(2)28/h10,12-14,16,19,31H,3-9,11H2,1-2H3,(H2,29,34)(H,39,40)(H2,28,32,38)(H,33,35,36)/t14-,16-,19?. The van der Waals surface area contributed by atoms with Gasteiger partial charge in [-0.25, -0.2) is 19.8 Å². The fourth-order valence-electron chi connectivity index (χ4n) is 5.09. The summed E-state index contributed by atoms with van der Waals surface area (Å²) < 4.78 is 0. The zero-order chi connectivity index (χ0) is 28.8. The Kier molecular flexibility index (Phi) is 9.48. The van der Waals surface area contributed by atoms with Gasteiger partial charge in [0.2, 0.25) is 5.91 Å². The summed E-state index contributed by atoms with van der Waals surface area (Å²) in [4.78, 5) is 37.4. The number of anilines is 2. The number of halogens is 1. The molecule has 2 aromatic rings. The Morgan fingerprint density at radius 1 is 1.12 bits per heavy atom. The number of nitrogens with one attached hydrogen (secondary N) is 6. The number of pyridine rings is 1. The monoisotopic (exact) mass is 570 g/mol. The maximum atomic E-state index is 12.8. The first kappa shape index (κ1) is 29.2. The maximum Gasteiger partial charge on any atom is 0.410 e. The second-order valence-electron chi connectivity index (χ2n) is 10.4. The van der Waals surface area contributed by atoms with Gasteiger partial charge in [-0.2, -0.15) is 0 Å². The van der Waals surface area contributed by atoms with E-state index in [-0.39, 0.29) is 23.4 Å². The normalized spacial score (nSPS) is 20.9. The molecular formula is C26H35ClN10O3. The molecule has 0 bridgehead atoms. The van der Waals surface area contributed by atoms with Crippen LogP contribution in [0.5, 0.6) is 0 Å². The predicted molar refractivity (Wildman–Crippen MR) is 153 cm³/mol. The smallest absolute Gasteiger partial charge is 0.410 e. The third-order valence-electron chi connectivity index (χ3n) is 7.16. The lowest BCUT2D eigenvalue weighted by Crippen LogP contribution is -2.47. The van der Waals surface area contributed by atoms with Gasteiger partial charge in [-0.3, -0.25) is 25.9 Å². The molecule has 0 radical (unpaired) electrons. The van der Waals surface area contributed by atoms with Crippen molar-refractivity contribution in [2.24, 2.45) is 11.8 Å². The van der Waals surface area contributed by atoms with Crippen molar-refractivity contribution in [3.8, 4) is 11.3 Å². The highest BCUT2D eigenvalue weighted by Gasteiger charge is 2.33. The van der Waals surface area contributed by atoms with Crippen molar-refractivity contribution in [2.75, 3.05) is 23.8 Å². The molecule has 2 aliphatic rings. The van der Waals surface area contributed by atoms with E-state index in [9.17, 15) is 14.7 Å². The van der Waals surface area contributed by atoms with Gasteiger partial charge >= 0.3 is 6.09 Å². The van der Waals surface area contributed by atoms with Crippen LogP contribution in [-0.2, 0) is 4.79 Å². The molecule has 1 aliphatic carbocycles. The highest BCUT2D eigenvalue weighted by molar-refractivity contribution is 6.30. The van der Waals surface area contributed by atoms with Gasteiger partial charge in [0.25, 0.3) is 0 Å². The summed E-state index contributed by atoms with van der Waals surface area (Å²) in [6.45, 7) is 4.97. The largest absolute Gasteiger partial charge is 0.465 e. The zero-order valence-electron chi connectivity index (χ0n) is 22.6. The number of hydrazine groups is 1. The summed E-state index contributed by atoms with van der Waals surface area (Å²) in [6.07, 6.45) is 7.49. The van der Waals surface area contributed by atoms with Gasteiger partial charge in [0.1, 0.15) is 17.4 Å². The second kappa shape index (κ2) is 13.0. The van der Waals surface area contributed by atoms with E-state index >= 15 is 0 Å². The third-order valence-corrected chi connectivity index (χ3v) is 7.37. The summed E-state index contributed by atoms with van der Waals surface area (Å²) in [6, 6.07) is 1.13. The lowest BCUT2D eigenvalue weighted by molar-refractivity contribution is -0.123. The minimum atomic E-state index is -1.42. The van der Waals surface area contributed by atoms with Crippen LogP contribution in [0.2, 0.25) is 5.02 Å². The zero-order valence-corrected chi connectivity index (χ0v) is 23.3. The summed E-state index contributed by atoms with van der Waals surface area (Å²) in [5.41, 5.74) is 4.72. The van der Waals surface area contributed by atoms with Crippen molar-refractivity contribution >= 4 is 46.8 Å². The third kappa shape index (κ3) is 7.42. The number of nitrogens with zero attached hydrogens (tertiary/aromatic N) is 4. The molecule has 40 heavy (non-hydrogen) atoms. The summed E-state index contributed by atoms with van der Waals surface area (Å²) in [5.74, 6) is 0.516. The lowest BCUT2D eigenvalue weighted by Gasteiger charge is -2.29. The topological polar surface area (TPSA) is 192 Å². The van der Waals surface area contributed by atoms with Crippen LogP contribution in [0.4, 0.5) is 16.3 Å². The van der Waals surface area contributed by atoms with Crippen molar-refractivity contribution in [3.63, 3.8) is 0 Å². The summed E-state index contributed by atoms with van der Waals surface area (Å²) in [7, 11) is 0.